The van der Waals surface area contributed by atoms with Crippen molar-refractivity contribution in [2.24, 2.45) is 5.10 Å². The maximum atomic E-state index is 10.8. The van der Waals surface area contributed by atoms with Gasteiger partial charge in [0.05, 0.1) is 18.9 Å². The van der Waals surface area contributed by atoms with Gasteiger partial charge in [0.25, 0.3) is 0 Å². The first-order valence-electron chi connectivity index (χ1n) is 4.44. The second kappa shape index (κ2) is 6.23. The van der Waals surface area contributed by atoms with Gasteiger partial charge < -0.3 is 14.3 Å². The minimum Gasteiger partial charge on any atom is -0.446 e. The molecule has 1 aromatic rings. The lowest BCUT2D eigenvalue weighted by Gasteiger charge is -1.99. The van der Waals surface area contributed by atoms with Crippen LogP contribution in [0.2, 0.25) is 0 Å². The van der Waals surface area contributed by atoms with Crippen molar-refractivity contribution in [1.82, 2.24) is 5.43 Å². The Morgan fingerprint density at radius 1 is 1.71 bits per heavy atom. The van der Waals surface area contributed by atoms with Gasteiger partial charge >= 0.3 is 12.0 Å². The highest BCUT2D eigenvalue weighted by atomic mass is 16.6. The van der Waals surface area contributed by atoms with E-state index in [-0.39, 0.29) is 19.0 Å². The van der Waals surface area contributed by atoms with Gasteiger partial charge in [0, 0.05) is 0 Å². The summed E-state index contributed by atoms with van der Waals surface area (Å²) in [5, 5.41) is 22.0. The highest BCUT2D eigenvalue weighted by Gasteiger charge is 2.10. The average molecular weight is 243 g/mol. The number of nitro groups is 1. The first-order valence-corrected chi connectivity index (χ1v) is 4.44. The van der Waals surface area contributed by atoms with Crippen LogP contribution in [0.5, 0.6) is 0 Å². The van der Waals surface area contributed by atoms with Gasteiger partial charge in [-0.15, -0.1) is 0 Å². The fourth-order valence-electron chi connectivity index (χ4n) is 0.829. The van der Waals surface area contributed by atoms with Crippen LogP contribution < -0.4 is 5.43 Å². The van der Waals surface area contributed by atoms with Crippen LogP contribution in [-0.4, -0.2) is 35.6 Å². The molecule has 0 bridgehead atoms. The van der Waals surface area contributed by atoms with Crippen molar-refractivity contribution in [2.45, 2.75) is 0 Å². The van der Waals surface area contributed by atoms with Crippen molar-refractivity contribution in [3.05, 3.63) is 28.0 Å². The standard InChI is InChI=1S/C8H9N3O6/c12-3-4-16-8(13)10-9-5-6-1-2-7(17-6)11(14)15/h1-2,5,12H,3-4H2,(H,10,13)/b9-5+. The predicted molar refractivity (Wildman–Crippen MR) is 54.5 cm³/mol. The number of hydrogen-bond acceptors (Lipinski definition) is 7. The summed E-state index contributed by atoms with van der Waals surface area (Å²) >= 11 is 0. The summed E-state index contributed by atoms with van der Waals surface area (Å²) in [6.45, 7) is -0.435. The molecule has 0 aliphatic carbocycles. The van der Waals surface area contributed by atoms with Gasteiger partial charge in [0.15, 0.2) is 5.76 Å². The third-order valence-corrected chi connectivity index (χ3v) is 1.46. The quantitative estimate of drug-likeness (QED) is 0.433. The molecule has 92 valence electrons. The van der Waals surface area contributed by atoms with Crippen molar-refractivity contribution >= 4 is 18.2 Å². The zero-order chi connectivity index (χ0) is 12.7. The number of aliphatic hydroxyl groups excluding tert-OH is 1. The number of aliphatic hydroxyl groups is 1. The highest BCUT2D eigenvalue weighted by Crippen LogP contribution is 2.13. The molecule has 1 heterocycles. The van der Waals surface area contributed by atoms with E-state index in [0.29, 0.717) is 0 Å². The molecule has 0 aliphatic rings. The van der Waals surface area contributed by atoms with E-state index in [1.807, 2.05) is 5.43 Å². The molecule has 0 aromatic carbocycles. The van der Waals surface area contributed by atoms with Crippen LogP contribution >= 0.6 is 0 Å². The number of ether oxygens (including phenoxy) is 1. The summed E-state index contributed by atoms with van der Waals surface area (Å²) in [7, 11) is 0. The van der Waals surface area contributed by atoms with Crippen molar-refractivity contribution < 1.29 is 24.0 Å². The van der Waals surface area contributed by atoms with E-state index in [4.69, 9.17) is 9.52 Å². The van der Waals surface area contributed by atoms with Gasteiger partial charge in [-0.25, -0.2) is 10.2 Å². The fourth-order valence-corrected chi connectivity index (χ4v) is 0.829. The summed E-state index contributed by atoms with van der Waals surface area (Å²) in [6.07, 6.45) is 0.226. The second-order valence-corrected chi connectivity index (χ2v) is 2.66. The Labute approximate surface area is 94.8 Å². The Morgan fingerprint density at radius 3 is 3.06 bits per heavy atom. The molecule has 0 radical (unpaired) electrons. The maximum Gasteiger partial charge on any atom is 0.433 e. The number of carbonyl (C=O) groups is 1. The summed E-state index contributed by atoms with van der Waals surface area (Å²) < 4.78 is 9.15. The lowest BCUT2D eigenvalue weighted by atomic mass is 10.5. The normalized spacial score (nSPS) is 10.4. The molecule has 0 spiro atoms. The molecule has 9 heteroatoms. The van der Waals surface area contributed by atoms with Gasteiger partial charge in [-0.3, -0.25) is 10.1 Å². The van der Waals surface area contributed by atoms with Gasteiger partial charge in [-0.05, 0) is 6.07 Å². The number of furan rings is 1. The van der Waals surface area contributed by atoms with Gasteiger partial charge in [-0.1, -0.05) is 0 Å². The maximum absolute atomic E-state index is 10.8. The number of carbonyl (C=O) groups excluding carboxylic acids is 1. The van der Waals surface area contributed by atoms with Crippen LogP contribution in [0.3, 0.4) is 0 Å². The molecule has 1 aromatic heterocycles. The Hall–Kier alpha value is -2.42. The number of nitrogens with one attached hydrogen (secondary N) is 1. The number of nitrogens with zero attached hydrogens (tertiary/aromatic N) is 2. The molecule has 1 amide bonds. The van der Waals surface area contributed by atoms with Crippen LogP contribution in [0.4, 0.5) is 10.7 Å². The molecule has 1 rings (SSSR count). The molecule has 9 nitrogen and oxygen atoms in total. The lowest BCUT2D eigenvalue weighted by Crippen LogP contribution is -2.20. The minimum atomic E-state index is -0.851. The van der Waals surface area contributed by atoms with E-state index < -0.39 is 16.9 Å². The summed E-state index contributed by atoms with van der Waals surface area (Å²) in [5.74, 6) is -0.312. The van der Waals surface area contributed by atoms with Crippen LogP contribution in [0.1, 0.15) is 5.76 Å². The first kappa shape index (κ1) is 12.6. The largest absolute Gasteiger partial charge is 0.446 e. The minimum absolute atomic E-state index is 0.110. The van der Waals surface area contributed by atoms with Crippen LogP contribution in [0.25, 0.3) is 0 Å². The van der Waals surface area contributed by atoms with E-state index in [1.165, 1.54) is 6.07 Å². The smallest absolute Gasteiger partial charge is 0.433 e. The number of rotatable bonds is 5. The fraction of sp³-hybridized carbons (Fsp3) is 0.250. The predicted octanol–water partition coefficient (Wildman–Crippen LogP) is 0.240. The van der Waals surface area contributed by atoms with E-state index >= 15 is 0 Å². The molecule has 0 fully saturated rings. The molecule has 0 atom stereocenters. The van der Waals surface area contributed by atoms with Gasteiger partial charge in [-0.2, -0.15) is 5.10 Å². The Kier molecular flexibility index (Phi) is 4.63. The SMILES string of the molecule is O=C(N/N=C/c1ccc([N+](=O)[O-])o1)OCCO. The van der Waals surface area contributed by atoms with Crippen molar-refractivity contribution in [3.63, 3.8) is 0 Å². The molecule has 0 aliphatic heterocycles. The molecular formula is C8H9N3O6. The molecule has 0 unspecified atom stereocenters. The van der Waals surface area contributed by atoms with E-state index in [1.54, 1.807) is 0 Å². The second-order valence-electron chi connectivity index (χ2n) is 2.66. The monoisotopic (exact) mass is 243 g/mol. The average Bonchev–Trinajstić information content (AvgIpc) is 2.75. The molecule has 2 N–H and O–H groups in total. The molecular weight excluding hydrogens is 234 g/mol. The van der Waals surface area contributed by atoms with Gasteiger partial charge in [0.2, 0.25) is 0 Å². The van der Waals surface area contributed by atoms with Crippen molar-refractivity contribution in [1.29, 1.82) is 0 Å². The van der Waals surface area contributed by atoms with Crippen molar-refractivity contribution in [3.8, 4) is 0 Å². The first-order chi connectivity index (χ1) is 8.13. The number of amides is 1. The summed E-state index contributed by atoms with van der Waals surface area (Å²) in [5.41, 5.74) is 1.97. The lowest BCUT2D eigenvalue weighted by molar-refractivity contribution is -0.402. The third-order valence-electron chi connectivity index (χ3n) is 1.46. The molecule has 17 heavy (non-hydrogen) atoms. The Bertz CT molecular complexity index is 427. The van der Waals surface area contributed by atoms with Crippen LogP contribution in [0, 0.1) is 10.1 Å². The molecule has 0 saturated carbocycles. The highest BCUT2D eigenvalue weighted by molar-refractivity contribution is 5.78. The Balaban J connectivity index is 2.42. The third kappa shape index (κ3) is 4.30. The number of hydrazone groups is 1. The summed E-state index contributed by atoms with van der Waals surface area (Å²) in [4.78, 5) is 20.4. The Morgan fingerprint density at radius 2 is 2.47 bits per heavy atom. The molecule has 0 saturated heterocycles. The van der Waals surface area contributed by atoms with Crippen molar-refractivity contribution in [2.75, 3.05) is 13.2 Å². The van der Waals surface area contributed by atoms with Crippen LogP contribution in [0.15, 0.2) is 21.7 Å². The van der Waals surface area contributed by atoms with Crippen LogP contribution in [-0.2, 0) is 4.74 Å². The topological polar surface area (TPSA) is 127 Å². The zero-order valence-electron chi connectivity index (χ0n) is 8.53. The van der Waals surface area contributed by atoms with Gasteiger partial charge in [0.1, 0.15) is 11.5 Å². The number of hydrogen-bond donors (Lipinski definition) is 2. The zero-order valence-corrected chi connectivity index (χ0v) is 8.53. The van der Waals surface area contributed by atoms with E-state index in [0.717, 1.165) is 12.3 Å². The summed E-state index contributed by atoms with van der Waals surface area (Å²) in [6, 6.07) is 2.48. The van der Waals surface area contributed by atoms with E-state index in [9.17, 15) is 14.9 Å². The van der Waals surface area contributed by atoms with E-state index in [2.05, 4.69) is 9.84 Å².